The number of fused-ring (bicyclic) bond motifs is 1. The van der Waals surface area contributed by atoms with Crippen molar-refractivity contribution in [2.75, 3.05) is 39.1 Å². The molecule has 0 radical (unpaired) electrons. The SMILES string of the molecule is COc1ccc2c(c1)OC[C@H](C(=O)NCCS(=O)(=O)N1CCCC1)C2. The number of carbonyl (C=O) groups is 1. The molecule has 0 aromatic heterocycles. The normalized spacial score (nSPS) is 20.6. The lowest BCUT2D eigenvalue weighted by atomic mass is 9.96. The maximum Gasteiger partial charge on any atom is 0.226 e. The Hall–Kier alpha value is -1.80. The van der Waals surface area contributed by atoms with Crippen LogP contribution in [-0.4, -0.2) is 57.7 Å². The van der Waals surface area contributed by atoms with Crippen LogP contribution in [0.5, 0.6) is 11.5 Å². The van der Waals surface area contributed by atoms with Gasteiger partial charge in [-0.2, -0.15) is 0 Å². The van der Waals surface area contributed by atoms with E-state index in [1.54, 1.807) is 7.11 Å². The minimum atomic E-state index is -3.27. The molecule has 1 atom stereocenters. The molecule has 1 N–H and O–H groups in total. The average molecular weight is 368 g/mol. The van der Waals surface area contributed by atoms with Crippen LogP contribution < -0.4 is 14.8 Å². The number of hydrogen-bond acceptors (Lipinski definition) is 5. The first-order valence-corrected chi connectivity index (χ1v) is 10.2. The first-order chi connectivity index (χ1) is 12.0. The van der Waals surface area contributed by atoms with Crippen LogP contribution in [0.1, 0.15) is 18.4 Å². The van der Waals surface area contributed by atoms with E-state index in [1.807, 2.05) is 18.2 Å². The number of amides is 1. The lowest BCUT2D eigenvalue weighted by Crippen LogP contribution is -2.41. The fourth-order valence-corrected chi connectivity index (χ4v) is 4.62. The maximum absolute atomic E-state index is 12.3. The molecular weight excluding hydrogens is 344 g/mol. The van der Waals surface area contributed by atoms with E-state index in [1.165, 1.54) is 4.31 Å². The third-order valence-corrected chi connectivity index (χ3v) is 6.54. The number of nitrogens with zero attached hydrogens (tertiary/aromatic N) is 1. The number of nitrogens with one attached hydrogen (secondary N) is 1. The van der Waals surface area contributed by atoms with E-state index in [-0.39, 0.29) is 30.7 Å². The molecule has 138 valence electrons. The highest BCUT2D eigenvalue weighted by Gasteiger charge is 2.28. The lowest BCUT2D eigenvalue weighted by Gasteiger charge is -2.25. The van der Waals surface area contributed by atoms with Crippen molar-refractivity contribution in [2.45, 2.75) is 19.3 Å². The summed E-state index contributed by atoms with van der Waals surface area (Å²) >= 11 is 0. The van der Waals surface area contributed by atoms with E-state index in [0.717, 1.165) is 24.2 Å². The molecule has 1 amide bonds. The Morgan fingerprint density at radius 1 is 1.36 bits per heavy atom. The van der Waals surface area contributed by atoms with Crippen LogP contribution in [-0.2, 0) is 21.2 Å². The second-order valence-electron chi connectivity index (χ2n) is 6.40. The summed E-state index contributed by atoms with van der Waals surface area (Å²) in [7, 11) is -1.68. The highest BCUT2D eigenvalue weighted by atomic mass is 32.2. The van der Waals surface area contributed by atoms with Gasteiger partial charge in [-0.25, -0.2) is 12.7 Å². The molecule has 2 aliphatic rings. The van der Waals surface area contributed by atoms with E-state index in [0.29, 0.717) is 25.3 Å². The van der Waals surface area contributed by atoms with Crippen LogP contribution in [0.25, 0.3) is 0 Å². The number of carbonyl (C=O) groups excluding carboxylic acids is 1. The van der Waals surface area contributed by atoms with Crippen molar-refractivity contribution in [1.82, 2.24) is 9.62 Å². The Bertz CT molecular complexity index is 729. The second kappa shape index (κ2) is 7.61. The Kier molecular flexibility index (Phi) is 5.48. The minimum absolute atomic E-state index is 0.0555. The average Bonchev–Trinajstić information content (AvgIpc) is 3.16. The van der Waals surface area contributed by atoms with Gasteiger partial charge in [0.15, 0.2) is 0 Å². The zero-order chi connectivity index (χ0) is 17.9. The van der Waals surface area contributed by atoms with Crippen LogP contribution >= 0.6 is 0 Å². The first-order valence-electron chi connectivity index (χ1n) is 8.55. The van der Waals surface area contributed by atoms with Gasteiger partial charge in [0.05, 0.1) is 18.8 Å². The first kappa shape index (κ1) is 18.0. The number of ether oxygens (including phenoxy) is 2. The minimum Gasteiger partial charge on any atom is -0.497 e. The van der Waals surface area contributed by atoms with Gasteiger partial charge < -0.3 is 14.8 Å². The quantitative estimate of drug-likeness (QED) is 0.802. The highest BCUT2D eigenvalue weighted by Crippen LogP contribution is 2.31. The van der Waals surface area contributed by atoms with Gasteiger partial charge in [-0.3, -0.25) is 4.79 Å². The molecule has 1 aromatic carbocycles. The topological polar surface area (TPSA) is 84.9 Å². The van der Waals surface area contributed by atoms with Gasteiger partial charge in [0.25, 0.3) is 0 Å². The molecular formula is C17H24N2O5S. The summed E-state index contributed by atoms with van der Waals surface area (Å²) in [5, 5.41) is 2.74. The van der Waals surface area contributed by atoms with E-state index in [4.69, 9.17) is 9.47 Å². The Morgan fingerprint density at radius 3 is 2.84 bits per heavy atom. The predicted molar refractivity (Wildman–Crippen MR) is 93.3 cm³/mol. The molecule has 7 nitrogen and oxygen atoms in total. The molecule has 0 aliphatic carbocycles. The molecule has 0 saturated carbocycles. The lowest BCUT2D eigenvalue weighted by molar-refractivity contribution is -0.126. The Morgan fingerprint density at radius 2 is 2.12 bits per heavy atom. The van der Waals surface area contributed by atoms with Crippen molar-refractivity contribution >= 4 is 15.9 Å². The van der Waals surface area contributed by atoms with Gasteiger partial charge in [0.2, 0.25) is 15.9 Å². The van der Waals surface area contributed by atoms with Crippen molar-refractivity contribution < 1.29 is 22.7 Å². The Balaban J connectivity index is 1.50. The van der Waals surface area contributed by atoms with Gasteiger partial charge in [-0.05, 0) is 30.9 Å². The van der Waals surface area contributed by atoms with Crippen molar-refractivity contribution in [3.63, 3.8) is 0 Å². The predicted octanol–water partition coefficient (Wildman–Crippen LogP) is 0.788. The molecule has 2 heterocycles. The summed E-state index contributed by atoms with van der Waals surface area (Å²) < 4.78 is 36.6. The van der Waals surface area contributed by atoms with Gasteiger partial charge in [-0.1, -0.05) is 6.07 Å². The monoisotopic (exact) mass is 368 g/mol. The molecule has 1 fully saturated rings. The second-order valence-corrected chi connectivity index (χ2v) is 8.49. The van der Waals surface area contributed by atoms with Crippen LogP contribution in [0, 0.1) is 5.92 Å². The Labute approximate surface area is 148 Å². The van der Waals surface area contributed by atoms with Gasteiger partial charge >= 0.3 is 0 Å². The van der Waals surface area contributed by atoms with Gasteiger partial charge in [0, 0.05) is 25.7 Å². The number of rotatable bonds is 6. The fourth-order valence-electron chi connectivity index (χ4n) is 3.19. The van der Waals surface area contributed by atoms with E-state index >= 15 is 0 Å². The smallest absolute Gasteiger partial charge is 0.226 e. The van der Waals surface area contributed by atoms with Crippen molar-refractivity contribution in [2.24, 2.45) is 5.92 Å². The van der Waals surface area contributed by atoms with Crippen molar-refractivity contribution in [3.05, 3.63) is 23.8 Å². The molecule has 2 aliphatic heterocycles. The van der Waals surface area contributed by atoms with Crippen LogP contribution in [0.4, 0.5) is 0 Å². The van der Waals surface area contributed by atoms with Gasteiger partial charge in [0.1, 0.15) is 18.1 Å². The molecule has 0 spiro atoms. The number of hydrogen-bond donors (Lipinski definition) is 1. The molecule has 0 unspecified atom stereocenters. The van der Waals surface area contributed by atoms with Gasteiger partial charge in [-0.15, -0.1) is 0 Å². The molecule has 8 heteroatoms. The molecule has 3 rings (SSSR count). The van der Waals surface area contributed by atoms with E-state index in [2.05, 4.69) is 5.32 Å². The summed E-state index contributed by atoms with van der Waals surface area (Å²) in [6, 6.07) is 5.54. The fraction of sp³-hybridized carbons (Fsp3) is 0.588. The zero-order valence-electron chi connectivity index (χ0n) is 14.4. The summed E-state index contributed by atoms with van der Waals surface area (Å²) in [4.78, 5) is 12.3. The third kappa shape index (κ3) is 4.24. The molecule has 25 heavy (non-hydrogen) atoms. The number of methoxy groups -OCH3 is 1. The molecule has 0 bridgehead atoms. The summed E-state index contributed by atoms with van der Waals surface area (Å²) in [6.45, 7) is 1.59. The van der Waals surface area contributed by atoms with Crippen LogP contribution in [0.2, 0.25) is 0 Å². The van der Waals surface area contributed by atoms with Crippen molar-refractivity contribution in [1.29, 1.82) is 0 Å². The van der Waals surface area contributed by atoms with E-state index < -0.39 is 10.0 Å². The van der Waals surface area contributed by atoms with E-state index in [9.17, 15) is 13.2 Å². The third-order valence-electron chi connectivity index (χ3n) is 4.67. The zero-order valence-corrected chi connectivity index (χ0v) is 15.2. The summed E-state index contributed by atoms with van der Waals surface area (Å²) in [5.41, 5.74) is 0.955. The van der Waals surface area contributed by atoms with Crippen LogP contribution in [0.3, 0.4) is 0 Å². The van der Waals surface area contributed by atoms with Crippen molar-refractivity contribution in [3.8, 4) is 11.5 Å². The molecule has 1 aromatic rings. The summed E-state index contributed by atoms with van der Waals surface area (Å²) in [5.74, 6) is 0.919. The molecule has 1 saturated heterocycles. The standard InChI is InChI=1S/C17H24N2O5S/c1-23-15-5-4-13-10-14(12-24-16(13)11-15)17(20)18-6-9-25(21,22)19-7-2-3-8-19/h4-5,11,14H,2-3,6-10,12H2,1H3,(H,18,20)/t14-/m1/s1. The largest absolute Gasteiger partial charge is 0.497 e. The number of sulfonamides is 1. The number of benzene rings is 1. The summed E-state index contributed by atoms with van der Waals surface area (Å²) in [6.07, 6.45) is 2.40. The highest BCUT2D eigenvalue weighted by molar-refractivity contribution is 7.89. The van der Waals surface area contributed by atoms with Crippen LogP contribution in [0.15, 0.2) is 18.2 Å². The maximum atomic E-state index is 12.3.